The molecule has 2 heterocycles. The van der Waals surface area contributed by atoms with Gasteiger partial charge in [0.2, 0.25) is 0 Å². The van der Waals surface area contributed by atoms with Crippen LogP contribution in [0.25, 0.3) is 0 Å². The third-order valence-electron chi connectivity index (χ3n) is 3.82. The molecule has 1 aliphatic carbocycles. The van der Waals surface area contributed by atoms with Gasteiger partial charge in [-0.2, -0.15) is 0 Å². The van der Waals surface area contributed by atoms with E-state index >= 15 is 0 Å². The van der Waals surface area contributed by atoms with Gasteiger partial charge in [-0.05, 0) is 12.8 Å². The van der Waals surface area contributed by atoms with Crippen molar-refractivity contribution in [3.05, 3.63) is 0 Å². The van der Waals surface area contributed by atoms with E-state index in [2.05, 4.69) is 5.32 Å². The molecule has 2 unspecified atom stereocenters. The maximum Gasteiger partial charge on any atom is 0.325 e. The summed E-state index contributed by atoms with van der Waals surface area (Å²) in [5, 5.41) is 3.15. The molecule has 2 saturated heterocycles. The molecule has 0 aromatic heterocycles. The Kier molecular flexibility index (Phi) is 2.47. The van der Waals surface area contributed by atoms with Crippen molar-refractivity contribution < 1.29 is 14.3 Å². The first-order valence-corrected chi connectivity index (χ1v) is 6.11. The molecule has 0 aromatic rings. The third-order valence-corrected chi connectivity index (χ3v) is 3.82. The first kappa shape index (κ1) is 10.8. The standard InChI is InChI=1S/C11H17N3O3/c1-17-10(15)9-8-6-14(7-2-3-7)11(16)13(8)5-4-12-9/h7-9,12H,2-6H2,1H3. The van der Waals surface area contributed by atoms with Crippen molar-refractivity contribution in [2.24, 2.45) is 0 Å². The Bertz CT molecular complexity index is 356. The summed E-state index contributed by atoms with van der Waals surface area (Å²) in [6, 6.07) is 0.0602. The molecule has 17 heavy (non-hydrogen) atoms. The van der Waals surface area contributed by atoms with Crippen molar-refractivity contribution in [3.63, 3.8) is 0 Å². The van der Waals surface area contributed by atoms with Crippen LogP contribution in [0.3, 0.4) is 0 Å². The van der Waals surface area contributed by atoms with Crippen LogP contribution in [-0.2, 0) is 9.53 Å². The van der Waals surface area contributed by atoms with Crippen LogP contribution in [0.4, 0.5) is 4.79 Å². The van der Waals surface area contributed by atoms with Gasteiger partial charge in [0.15, 0.2) is 0 Å². The van der Waals surface area contributed by atoms with Gasteiger partial charge in [0.05, 0.1) is 13.2 Å². The summed E-state index contributed by atoms with van der Waals surface area (Å²) in [5.41, 5.74) is 0. The number of hydrogen-bond acceptors (Lipinski definition) is 4. The second kappa shape index (κ2) is 3.87. The molecule has 3 fully saturated rings. The number of rotatable bonds is 2. The van der Waals surface area contributed by atoms with Crippen LogP contribution in [0, 0.1) is 0 Å². The number of esters is 1. The number of amides is 2. The molecular weight excluding hydrogens is 222 g/mol. The molecule has 2 atom stereocenters. The lowest BCUT2D eigenvalue weighted by atomic mass is 10.1. The summed E-state index contributed by atoms with van der Waals surface area (Å²) in [6.07, 6.45) is 2.20. The first-order chi connectivity index (χ1) is 8.22. The number of carbonyl (C=O) groups is 2. The average molecular weight is 239 g/mol. The molecule has 2 amide bonds. The van der Waals surface area contributed by atoms with Gasteiger partial charge in [0.25, 0.3) is 0 Å². The Labute approximate surface area is 99.9 Å². The highest BCUT2D eigenvalue weighted by atomic mass is 16.5. The van der Waals surface area contributed by atoms with Crippen LogP contribution in [0.5, 0.6) is 0 Å². The molecule has 94 valence electrons. The molecule has 0 aromatic carbocycles. The minimum absolute atomic E-state index is 0.0655. The number of ether oxygens (including phenoxy) is 1. The lowest BCUT2D eigenvalue weighted by Crippen LogP contribution is -2.60. The van der Waals surface area contributed by atoms with Crippen LogP contribution in [0.15, 0.2) is 0 Å². The minimum Gasteiger partial charge on any atom is -0.468 e. The largest absolute Gasteiger partial charge is 0.468 e. The minimum atomic E-state index is -0.374. The number of nitrogens with zero attached hydrogens (tertiary/aromatic N) is 2. The quantitative estimate of drug-likeness (QED) is 0.654. The Morgan fingerprint density at radius 1 is 1.41 bits per heavy atom. The zero-order valence-electron chi connectivity index (χ0n) is 9.89. The smallest absolute Gasteiger partial charge is 0.325 e. The van der Waals surface area contributed by atoms with Crippen molar-refractivity contribution in [1.82, 2.24) is 15.1 Å². The Hall–Kier alpha value is -1.30. The van der Waals surface area contributed by atoms with Gasteiger partial charge in [0.1, 0.15) is 6.04 Å². The van der Waals surface area contributed by atoms with E-state index in [4.69, 9.17) is 4.74 Å². The molecule has 0 bridgehead atoms. The first-order valence-electron chi connectivity index (χ1n) is 6.11. The van der Waals surface area contributed by atoms with Crippen LogP contribution < -0.4 is 5.32 Å². The molecule has 0 spiro atoms. The van der Waals surface area contributed by atoms with Gasteiger partial charge < -0.3 is 19.9 Å². The normalized spacial score (nSPS) is 32.6. The number of urea groups is 1. The zero-order chi connectivity index (χ0) is 12.0. The number of carbonyl (C=O) groups excluding carboxylic acids is 2. The lowest BCUT2D eigenvalue weighted by molar-refractivity contribution is -0.145. The molecule has 2 aliphatic heterocycles. The van der Waals surface area contributed by atoms with Crippen molar-refractivity contribution >= 4 is 12.0 Å². The highest BCUT2D eigenvalue weighted by molar-refractivity contribution is 5.83. The lowest BCUT2D eigenvalue weighted by Gasteiger charge is -2.34. The zero-order valence-corrected chi connectivity index (χ0v) is 9.89. The van der Waals surface area contributed by atoms with E-state index in [0.717, 1.165) is 12.8 Å². The molecular formula is C11H17N3O3. The predicted molar refractivity (Wildman–Crippen MR) is 59.4 cm³/mol. The number of hydrogen-bond donors (Lipinski definition) is 1. The maximum atomic E-state index is 12.1. The highest BCUT2D eigenvalue weighted by Crippen LogP contribution is 2.33. The maximum absolute atomic E-state index is 12.1. The third kappa shape index (κ3) is 1.67. The summed E-state index contributed by atoms with van der Waals surface area (Å²) in [5.74, 6) is -0.273. The van der Waals surface area contributed by atoms with E-state index in [0.29, 0.717) is 25.7 Å². The van der Waals surface area contributed by atoms with E-state index in [1.165, 1.54) is 7.11 Å². The Morgan fingerprint density at radius 2 is 2.18 bits per heavy atom. The topological polar surface area (TPSA) is 61.9 Å². The van der Waals surface area contributed by atoms with Crippen LogP contribution >= 0.6 is 0 Å². The van der Waals surface area contributed by atoms with Crippen molar-refractivity contribution in [1.29, 1.82) is 0 Å². The van der Waals surface area contributed by atoms with E-state index in [9.17, 15) is 9.59 Å². The van der Waals surface area contributed by atoms with E-state index in [1.54, 1.807) is 0 Å². The molecule has 3 aliphatic rings. The summed E-state index contributed by atoms with van der Waals surface area (Å²) in [7, 11) is 1.39. The molecule has 6 nitrogen and oxygen atoms in total. The molecule has 0 radical (unpaired) electrons. The monoisotopic (exact) mass is 239 g/mol. The van der Waals surface area contributed by atoms with Gasteiger partial charge in [-0.1, -0.05) is 0 Å². The second-order valence-electron chi connectivity index (χ2n) is 4.88. The van der Waals surface area contributed by atoms with Crippen molar-refractivity contribution in [2.75, 3.05) is 26.7 Å². The fourth-order valence-electron chi connectivity index (χ4n) is 2.77. The van der Waals surface area contributed by atoms with Gasteiger partial charge in [0, 0.05) is 25.7 Å². The molecule has 6 heteroatoms. The molecule has 1 N–H and O–H groups in total. The average Bonchev–Trinajstić information content (AvgIpc) is 3.14. The summed E-state index contributed by atoms with van der Waals surface area (Å²) >= 11 is 0. The van der Waals surface area contributed by atoms with Crippen LogP contribution in [0.1, 0.15) is 12.8 Å². The van der Waals surface area contributed by atoms with Gasteiger partial charge >= 0.3 is 12.0 Å². The number of fused-ring (bicyclic) bond motifs is 1. The summed E-state index contributed by atoms with van der Waals surface area (Å²) in [6.45, 7) is 1.98. The van der Waals surface area contributed by atoms with E-state index < -0.39 is 0 Å². The van der Waals surface area contributed by atoms with Gasteiger partial charge in [-0.15, -0.1) is 0 Å². The SMILES string of the molecule is COC(=O)C1NCCN2C(=O)N(C3CC3)CC12. The van der Waals surface area contributed by atoms with Crippen LogP contribution in [0.2, 0.25) is 0 Å². The Morgan fingerprint density at radius 3 is 2.82 bits per heavy atom. The number of nitrogens with one attached hydrogen (secondary N) is 1. The predicted octanol–water partition coefficient (Wildman–Crippen LogP) is -0.600. The summed E-state index contributed by atoms with van der Waals surface area (Å²) in [4.78, 5) is 27.5. The molecule has 3 rings (SSSR count). The van der Waals surface area contributed by atoms with Crippen molar-refractivity contribution in [3.8, 4) is 0 Å². The van der Waals surface area contributed by atoms with Gasteiger partial charge in [-0.3, -0.25) is 4.79 Å². The highest BCUT2D eigenvalue weighted by Gasteiger charge is 2.50. The fraction of sp³-hybridized carbons (Fsp3) is 0.818. The number of methoxy groups -OCH3 is 1. The van der Waals surface area contributed by atoms with Crippen LogP contribution in [-0.4, -0.2) is 66.7 Å². The fourth-order valence-corrected chi connectivity index (χ4v) is 2.77. The van der Waals surface area contributed by atoms with Gasteiger partial charge in [-0.25, -0.2) is 4.79 Å². The van der Waals surface area contributed by atoms with E-state index in [1.807, 2.05) is 9.80 Å². The summed E-state index contributed by atoms with van der Waals surface area (Å²) < 4.78 is 4.79. The van der Waals surface area contributed by atoms with Crippen molar-refractivity contribution in [2.45, 2.75) is 31.0 Å². The van der Waals surface area contributed by atoms with E-state index in [-0.39, 0.29) is 24.1 Å². The molecule has 1 saturated carbocycles. The second-order valence-corrected chi connectivity index (χ2v) is 4.88. The number of piperazine rings is 1. The Balaban J connectivity index is 1.79.